The zero-order valence-electron chi connectivity index (χ0n) is 15.6. The molecule has 7 heteroatoms. The van der Waals surface area contributed by atoms with Gasteiger partial charge in [-0.15, -0.1) is 0 Å². The molecular formula is C17H31N3O4. The minimum absolute atomic E-state index is 0.0430. The first-order valence-corrected chi connectivity index (χ1v) is 8.61. The zero-order valence-corrected chi connectivity index (χ0v) is 15.6. The molecule has 0 saturated carbocycles. The topological polar surface area (TPSA) is 79.0 Å². The molecule has 1 rings (SSSR count). The highest BCUT2D eigenvalue weighted by molar-refractivity contribution is 5.84. The summed E-state index contributed by atoms with van der Waals surface area (Å²) in [5.41, 5.74) is -0.520. The molecule has 0 atom stereocenters. The Hall–Kier alpha value is -1.79. The van der Waals surface area contributed by atoms with Gasteiger partial charge in [-0.05, 0) is 26.7 Å². The highest BCUT2D eigenvalue weighted by atomic mass is 16.6. The molecule has 0 aromatic heterocycles. The number of ether oxygens (including phenoxy) is 1. The van der Waals surface area contributed by atoms with Crippen LogP contribution in [0.5, 0.6) is 0 Å². The maximum absolute atomic E-state index is 12.2. The summed E-state index contributed by atoms with van der Waals surface area (Å²) in [5, 5.41) is 2.80. The van der Waals surface area contributed by atoms with Crippen molar-refractivity contribution in [2.75, 3.05) is 32.7 Å². The maximum atomic E-state index is 12.2. The van der Waals surface area contributed by atoms with Gasteiger partial charge in [-0.25, -0.2) is 4.79 Å². The van der Waals surface area contributed by atoms with Crippen LogP contribution in [0.4, 0.5) is 4.79 Å². The number of carbonyl (C=O) groups is 3. The van der Waals surface area contributed by atoms with Crippen molar-refractivity contribution in [1.29, 1.82) is 0 Å². The Morgan fingerprint density at radius 1 is 1.00 bits per heavy atom. The molecule has 1 aliphatic rings. The van der Waals surface area contributed by atoms with Crippen molar-refractivity contribution >= 4 is 17.9 Å². The molecule has 0 unspecified atom stereocenters. The number of nitrogens with one attached hydrogen (secondary N) is 1. The normalized spacial score (nSPS) is 15.4. The zero-order chi connectivity index (χ0) is 18.3. The molecule has 24 heavy (non-hydrogen) atoms. The van der Waals surface area contributed by atoms with Crippen molar-refractivity contribution in [3.63, 3.8) is 0 Å². The summed E-state index contributed by atoms with van der Waals surface area (Å²) in [6.07, 6.45) is 0.0662. The molecule has 138 valence electrons. The van der Waals surface area contributed by atoms with Crippen LogP contribution in [0.1, 0.15) is 47.5 Å². The summed E-state index contributed by atoms with van der Waals surface area (Å²) < 4.78 is 5.33. The van der Waals surface area contributed by atoms with Crippen LogP contribution in [0, 0.1) is 5.92 Å². The molecular weight excluding hydrogens is 310 g/mol. The van der Waals surface area contributed by atoms with Gasteiger partial charge in [-0.2, -0.15) is 0 Å². The number of hydrogen-bond acceptors (Lipinski definition) is 4. The fraction of sp³-hybridized carbons (Fsp3) is 0.824. The van der Waals surface area contributed by atoms with E-state index in [2.05, 4.69) is 5.32 Å². The molecule has 0 spiro atoms. The number of carbonyl (C=O) groups excluding carboxylic acids is 3. The van der Waals surface area contributed by atoms with E-state index >= 15 is 0 Å². The Morgan fingerprint density at radius 2 is 1.54 bits per heavy atom. The van der Waals surface area contributed by atoms with Crippen molar-refractivity contribution in [2.45, 2.75) is 53.1 Å². The molecule has 1 fully saturated rings. The van der Waals surface area contributed by atoms with E-state index in [0.29, 0.717) is 38.6 Å². The highest BCUT2D eigenvalue weighted by Crippen LogP contribution is 2.12. The fourth-order valence-corrected chi connectivity index (χ4v) is 2.25. The second-order valence-electron chi connectivity index (χ2n) is 7.55. The average Bonchev–Trinajstić information content (AvgIpc) is 2.49. The molecule has 0 aromatic rings. The van der Waals surface area contributed by atoms with Crippen LogP contribution < -0.4 is 5.32 Å². The minimum atomic E-state index is -0.520. The molecule has 1 N–H and O–H groups in total. The van der Waals surface area contributed by atoms with E-state index < -0.39 is 5.60 Å². The van der Waals surface area contributed by atoms with Crippen LogP contribution in [0.3, 0.4) is 0 Å². The van der Waals surface area contributed by atoms with Crippen molar-refractivity contribution in [1.82, 2.24) is 15.1 Å². The van der Waals surface area contributed by atoms with Gasteiger partial charge in [0.2, 0.25) is 11.8 Å². The molecule has 7 nitrogen and oxygen atoms in total. The molecule has 1 heterocycles. The van der Waals surface area contributed by atoms with E-state index in [-0.39, 0.29) is 30.7 Å². The molecule has 0 radical (unpaired) electrons. The van der Waals surface area contributed by atoms with Crippen LogP contribution in [-0.2, 0) is 14.3 Å². The van der Waals surface area contributed by atoms with Gasteiger partial charge in [0.05, 0.1) is 0 Å². The third-order valence-electron chi connectivity index (χ3n) is 3.56. The number of hydrogen-bond donors (Lipinski definition) is 1. The van der Waals surface area contributed by atoms with Gasteiger partial charge in [-0.1, -0.05) is 13.8 Å². The molecule has 3 amide bonds. The van der Waals surface area contributed by atoms with Gasteiger partial charge in [0.15, 0.2) is 0 Å². The van der Waals surface area contributed by atoms with Gasteiger partial charge in [0.1, 0.15) is 5.60 Å². The van der Waals surface area contributed by atoms with Crippen LogP contribution in [0.25, 0.3) is 0 Å². The summed E-state index contributed by atoms with van der Waals surface area (Å²) in [4.78, 5) is 39.1. The Bertz CT molecular complexity index is 449. The lowest BCUT2D eigenvalue weighted by atomic mass is 10.2. The SMILES string of the molecule is CC(C)CNC(=O)CCC(=O)N1CCN(C(=O)OC(C)(C)C)CC1. The third kappa shape index (κ3) is 7.66. The molecule has 0 aromatic carbocycles. The summed E-state index contributed by atoms with van der Waals surface area (Å²) in [7, 11) is 0. The van der Waals surface area contributed by atoms with Gasteiger partial charge in [0, 0.05) is 45.6 Å². The first-order chi connectivity index (χ1) is 11.1. The van der Waals surface area contributed by atoms with E-state index in [1.54, 1.807) is 9.80 Å². The quantitative estimate of drug-likeness (QED) is 0.824. The van der Waals surface area contributed by atoms with Crippen molar-refractivity contribution < 1.29 is 19.1 Å². The number of rotatable bonds is 5. The van der Waals surface area contributed by atoms with Gasteiger partial charge in [0.25, 0.3) is 0 Å². The predicted octanol–water partition coefficient (Wildman–Crippen LogP) is 1.62. The number of nitrogens with zero attached hydrogens (tertiary/aromatic N) is 2. The third-order valence-corrected chi connectivity index (χ3v) is 3.56. The van der Waals surface area contributed by atoms with E-state index in [4.69, 9.17) is 4.74 Å². The molecule has 1 aliphatic heterocycles. The second kappa shape index (κ2) is 8.89. The Kier molecular flexibility index (Phi) is 7.51. The Morgan fingerprint density at radius 3 is 2.04 bits per heavy atom. The maximum Gasteiger partial charge on any atom is 0.410 e. The minimum Gasteiger partial charge on any atom is -0.444 e. The number of amides is 3. The second-order valence-corrected chi connectivity index (χ2v) is 7.55. The monoisotopic (exact) mass is 341 g/mol. The summed E-state index contributed by atoms with van der Waals surface area (Å²) in [6.45, 7) is 12.0. The fourth-order valence-electron chi connectivity index (χ4n) is 2.25. The van der Waals surface area contributed by atoms with Gasteiger partial charge >= 0.3 is 6.09 Å². The first-order valence-electron chi connectivity index (χ1n) is 8.61. The Balaban J connectivity index is 2.30. The highest BCUT2D eigenvalue weighted by Gasteiger charge is 2.27. The molecule has 0 aliphatic carbocycles. The van der Waals surface area contributed by atoms with Crippen LogP contribution in [-0.4, -0.2) is 66.0 Å². The lowest BCUT2D eigenvalue weighted by Crippen LogP contribution is -2.51. The molecule has 1 saturated heterocycles. The van der Waals surface area contributed by atoms with Gasteiger partial charge in [-0.3, -0.25) is 9.59 Å². The van der Waals surface area contributed by atoms with Crippen molar-refractivity contribution in [3.05, 3.63) is 0 Å². The average molecular weight is 341 g/mol. The van der Waals surface area contributed by atoms with E-state index in [1.165, 1.54) is 0 Å². The molecule has 0 bridgehead atoms. The Labute approximate surface area is 144 Å². The van der Waals surface area contributed by atoms with E-state index in [1.807, 2.05) is 34.6 Å². The van der Waals surface area contributed by atoms with E-state index in [0.717, 1.165) is 0 Å². The van der Waals surface area contributed by atoms with Crippen LogP contribution in [0.15, 0.2) is 0 Å². The summed E-state index contributed by atoms with van der Waals surface area (Å²) in [6, 6.07) is 0. The summed E-state index contributed by atoms with van der Waals surface area (Å²) in [5.74, 6) is 0.258. The first kappa shape index (κ1) is 20.3. The smallest absolute Gasteiger partial charge is 0.410 e. The van der Waals surface area contributed by atoms with Crippen molar-refractivity contribution in [2.24, 2.45) is 5.92 Å². The van der Waals surface area contributed by atoms with E-state index in [9.17, 15) is 14.4 Å². The lowest BCUT2D eigenvalue weighted by molar-refractivity contribution is -0.135. The van der Waals surface area contributed by atoms with Crippen LogP contribution in [0.2, 0.25) is 0 Å². The van der Waals surface area contributed by atoms with Crippen molar-refractivity contribution in [3.8, 4) is 0 Å². The van der Waals surface area contributed by atoms with Gasteiger partial charge < -0.3 is 19.9 Å². The summed E-state index contributed by atoms with van der Waals surface area (Å²) >= 11 is 0. The standard InChI is InChI=1S/C17H31N3O4/c1-13(2)12-18-14(21)6-7-15(22)19-8-10-20(11-9-19)16(23)24-17(3,4)5/h13H,6-12H2,1-5H3,(H,18,21). The lowest BCUT2D eigenvalue weighted by Gasteiger charge is -2.35. The predicted molar refractivity (Wildman–Crippen MR) is 91.5 cm³/mol. The van der Waals surface area contributed by atoms with Crippen LogP contribution >= 0.6 is 0 Å². The largest absolute Gasteiger partial charge is 0.444 e. The number of piperazine rings is 1.